The maximum atomic E-state index is 12.1. The summed E-state index contributed by atoms with van der Waals surface area (Å²) in [5.41, 5.74) is 1.34. The quantitative estimate of drug-likeness (QED) is 0.804. The highest BCUT2D eigenvalue weighted by Crippen LogP contribution is 2.16. The molecule has 0 aliphatic rings. The van der Waals surface area contributed by atoms with E-state index in [1.54, 1.807) is 61.1 Å². The number of amides is 1. The Balaban J connectivity index is 1.81. The van der Waals surface area contributed by atoms with Crippen LogP contribution >= 0.6 is 11.6 Å². The molecule has 1 amide bonds. The third-order valence-corrected chi connectivity index (χ3v) is 3.19. The fraction of sp³-hybridized carbons (Fsp3) is 0. The van der Waals surface area contributed by atoms with Crippen LogP contribution in [-0.4, -0.2) is 20.9 Å². The summed E-state index contributed by atoms with van der Waals surface area (Å²) in [5.74, 6) is 0.703. The lowest BCUT2D eigenvalue weighted by molar-refractivity contribution is 0.102. The maximum absolute atomic E-state index is 12.1. The minimum Gasteiger partial charge on any atom is -0.306 e. The van der Waals surface area contributed by atoms with E-state index in [0.717, 1.165) is 5.56 Å². The monoisotopic (exact) mass is 310 g/mol. The zero-order valence-corrected chi connectivity index (χ0v) is 12.2. The van der Waals surface area contributed by atoms with Crippen molar-refractivity contribution in [3.63, 3.8) is 0 Å². The molecule has 2 heterocycles. The van der Waals surface area contributed by atoms with Crippen LogP contribution in [-0.2, 0) is 0 Å². The Bertz CT molecular complexity index is 791. The molecule has 0 unspecified atom stereocenters. The van der Waals surface area contributed by atoms with E-state index in [2.05, 4.69) is 20.3 Å². The fourth-order valence-electron chi connectivity index (χ4n) is 1.86. The van der Waals surface area contributed by atoms with Crippen LogP contribution in [0.3, 0.4) is 0 Å². The first-order valence-corrected chi connectivity index (χ1v) is 6.90. The molecule has 0 radical (unpaired) electrons. The standard InChI is InChI=1S/C16H11ClN4O/c17-13-3-1-12(2-4-13)16(22)21-14-7-10-19-15(20-14)11-5-8-18-9-6-11/h1-10H,(H,19,20,21,22). The van der Waals surface area contributed by atoms with E-state index >= 15 is 0 Å². The largest absolute Gasteiger partial charge is 0.306 e. The van der Waals surface area contributed by atoms with Crippen LogP contribution < -0.4 is 5.32 Å². The molecule has 0 atom stereocenters. The van der Waals surface area contributed by atoms with Gasteiger partial charge in [0.05, 0.1) is 0 Å². The van der Waals surface area contributed by atoms with Crippen molar-refractivity contribution in [1.82, 2.24) is 15.0 Å². The minimum absolute atomic E-state index is 0.254. The van der Waals surface area contributed by atoms with Gasteiger partial charge in [-0.15, -0.1) is 0 Å². The van der Waals surface area contributed by atoms with Crippen molar-refractivity contribution in [1.29, 1.82) is 0 Å². The van der Waals surface area contributed by atoms with Gasteiger partial charge in [0.1, 0.15) is 5.82 Å². The van der Waals surface area contributed by atoms with Gasteiger partial charge in [-0.2, -0.15) is 0 Å². The van der Waals surface area contributed by atoms with Crippen LogP contribution in [0.5, 0.6) is 0 Å². The molecule has 6 heteroatoms. The molecule has 0 saturated heterocycles. The molecule has 22 heavy (non-hydrogen) atoms. The summed E-state index contributed by atoms with van der Waals surface area (Å²) in [6.45, 7) is 0. The van der Waals surface area contributed by atoms with Gasteiger partial charge in [0.15, 0.2) is 5.82 Å². The van der Waals surface area contributed by atoms with E-state index in [-0.39, 0.29) is 5.91 Å². The predicted octanol–water partition coefficient (Wildman–Crippen LogP) is 3.44. The highest BCUT2D eigenvalue weighted by Gasteiger charge is 2.08. The van der Waals surface area contributed by atoms with E-state index in [0.29, 0.717) is 22.2 Å². The van der Waals surface area contributed by atoms with Gasteiger partial charge >= 0.3 is 0 Å². The van der Waals surface area contributed by atoms with Crippen molar-refractivity contribution in [3.8, 4) is 11.4 Å². The summed E-state index contributed by atoms with van der Waals surface area (Å²) >= 11 is 5.81. The summed E-state index contributed by atoms with van der Waals surface area (Å²) in [7, 11) is 0. The van der Waals surface area contributed by atoms with E-state index in [1.165, 1.54) is 0 Å². The van der Waals surface area contributed by atoms with Crippen molar-refractivity contribution >= 4 is 23.3 Å². The number of pyridine rings is 1. The molecule has 0 aliphatic heterocycles. The molecule has 108 valence electrons. The normalized spacial score (nSPS) is 10.2. The Kier molecular flexibility index (Phi) is 4.07. The van der Waals surface area contributed by atoms with Crippen LogP contribution in [0.25, 0.3) is 11.4 Å². The summed E-state index contributed by atoms with van der Waals surface area (Å²) < 4.78 is 0. The van der Waals surface area contributed by atoms with E-state index in [9.17, 15) is 4.79 Å². The number of halogens is 1. The lowest BCUT2D eigenvalue weighted by Crippen LogP contribution is -2.13. The smallest absolute Gasteiger partial charge is 0.256 e. The zero-order valence-electron chi connectivity index (χ0n) is 11.4. The molecule has 0 fully saturated rings. The van der Waals surface area contributed by atoms with Gasteiger partial charge in [-0.1, -0.05) is 11.6 Å². The summed E-state index contributed by atoms with van der Waals surface area (Å²) in [6.07, 6.45) is 4.93. The van der Waals surface area contributed by atoms with Crippen molar-refractivity contribution in [3.05, 3.63) is 71.6 Å². The number of nitrogens with zero attached hydrogens (tertiary/aromatic N) is 3. The van der Waals surface area contributed by atoms with Gasteiger partial charge in [0.2, 0.25) is 0 Å². The number of carbonyl (C=O) groups is 1. The highest BCUT2D eigenvalue weighted by molar-refractivity contribution is 6.30. The number of hydrogen-bond donors (Lipinski definition) is 1. The Labute approximate surface area is 132 Å². The third kappa shape index (κ3) is 3.27. The average molecular weight is 311 g/mol. The second-order valence-corrected chi connectivity index (χ2v) is 4.90. The number of benzene rings is 1. The summed E-state index contributed by atoms with van der Waals surface area (Å²) in [5, 5.41) is 3.32. The molecule has 0 saturated carbocycles. The molecule has 0 aliphatic carbocycles. The Morgan fingerprint density at radius 1 is 0.955 bits per heavy atom. The van der Waals surface area contributed by atoms with Crippen LogP contribution in [0, 0.1) is 0 Å². The van der Waals surface area contributed by atoms with E-state index < -0.39 is 0 Å². The fourth-order valence-corrected chi connectivity index (χ4v) is 1.98. The van der Waals surface area contributed by atoms with Crippen molar-refractivity contribution < 1.29 is 4.79 Å². The highest BCUT2D eigenvalue weighted by atomic mass is 35.5. The molecule has 0 spiro atoms. The minimum atomic E-state index is -0.254. The van der Waals surface area contributed by atoms with Crippen molar-refractivity contribution in [2.75, 3.05) is 5.32 Å². The number of aromatic nitrogens is 3. The SMILES string of the molecule is O=C(Nc1ccnc(-c2ccncc2)n1)c1ccc(Cl)cc1. The van der Waals surface area contributed by atoms with Gasteiger partial charge in [0.25, 0.3) is 5.91 Å². The first-order chi connectivity index (χ1) is 10.7. The summed E-state index contributed by atoms with van der Waals surface area (Å²) in [4.78, 5) is 24.6. The summed E-state index contributed by atoms with van der Waals surface area (Å²) in [6, 6.07) is 11.9. The molecule has 1 N–H and O–H groups in total. The first-order valence-electron chi connectivity index (χ1n) is 6.53. The van der Waals surface area contributed by atoms with Gasteiger partial charge in [-0.05, 0) is 42.5 Å². The molecular formula is C16H11ClN4O. The second-order valence-electron chi connectivity index (χ2n) is 4.46. The van der Waals surface area contributed by atoms with Gasteiger partial charge in [-0.25, -0.2) is 9.97 Å². The van der Waals surface area contributed by atoms with Crippen LogP contribution in [0.4, 0.5) is 5.82 Å². The number of rotatable bonds is 3. The van der Waals surface area contributed by atoms with Gasteiger partial charge < -0.3 is 5.32 Å². The Morgan fingerprint density at radius 2 is 1.68 bits per heavy atom. The van der Waals surface area contributed by atoms with E-state index in [1.807, 2.05) is 0 Å². The molecular weight excluding hydrogens is 300 g/mol. The Morgan fingerprint density at radius 3 is 2.41 bits per heavy atom. The van der Waals surface area contributed by atoms with Gasteiger partial charge in [-0.3, -0.25) is 9.78 Å². The lowest BCUT2D eigenvalue weighted by Gasteiger charge is -2.06. The zero-order chi connectivity index (χ0) is 15.4. The maximum Gasteiger partial charge on any atom is 0.256 e. The van der Waals surface area contributed by atoms with Crippen LogP contribution in [0.2, 0.25) is 5.02 Å². The lowest BCUT2D eigenvalue weighted by atomic mass is 10.2. The first kappa shape index (κ1) is 14.2. The number of nitrogens with one attached hydrogen (secondary N) is 1. The number of carbonyl (C=O) groups excluding carboxylic acids is 1. The molecule has 3 aromatic rings. The molecule has 1 aromatic carbocycles. The van der Waals surface area contributed by atoms with E-state index in [4.69, 9.17) is 11.6 Å². The topological polar surface area (TPSA) is 67.8 Å². The number of hydrogen-bond acceptors (Lipinski definition) is 4. The second kappa shape index (κ2) is 6.32. The van der Waals surface area contributed by atoms with Crippen LogP contribution in [0.1, 0.15) is 10.4 Å². The van der Waals surface area contributed by atoms with Crippen molar-refractivity contribution in [2.45, 2.75) is 0 Å². The van der Waals surface area contributed by atoms with Gasteiger partial charge in [0, 0.05) is 34.7 Å². The molecule has 5 nitrogen and oxygen atoms in total. The molecule has 2 aromatic heterocycles. The Hall–Kier alpha value is -2.79. The van der Waals surface area contributed by atoms with Crippen LogP contribution in [0.15, 0.2) is 61.1 Å². The average Bonchev–Trinajstić information content (AvgIpc) is 2.56. The van der Waals surface area contributed by atoms with Crippen molar-refractivity contribution in [2.24, 2.45) is 0 Å². The third-order valence-electron chi connectivity index (χ3n) is 2.94. The predicted molar refractivity (Wildman–Crippen MR) is 84.7 cm³/mol. The molecule has 3 rings (SSSR count). The number of anilines is 1. The molecule has 0 bridgehead atoms.